The summed E-state index contributed by atoms with van der Waals surface area (Å²) in [6.45, 7) is -0.558. The number of nitrogens with zero attached hydrogens (tertiary/aromatic N) is 5. The number of aliphatic hydroxyl groups excluding tert-OH is 3. The number of hydrogen-bond donors (Lipinski definition) is 6. The van der Waals surface area contributed by atoms with Gasteiger partial charge in [0, 0.05) is 0 Å². The third-order valence-electron chi connectivity index (χ3n) is 3.52. The first-order valence-electron chi connectivity index (χ1n) is 6.47. The molecule has 0 spiro atoms. The highest BCUT2D eigenvalue weighted by Gasteiger charge is 2.44. The van der Waals surface area contributed by atoms with Crippen molar-refractivity contribution < 1.29 is 20.1 Å². The van der Waals surface area contributed by atoms with Gasteiger partial charge in [-0.25, -0.2) is 0 Å². The molecule has 8 N–H and O–H groups in total. The minimum atomic E-state index is -1.51. The van der Waals surface area contributed by atoms with E-state index in [-0.39, 0.29) is 16.9 Å². The number of aliphatic hydroxyl groups is 3. The molecule has 13 nitrogen and oxygen atoms in total. The molecule has 0 aliphatic carbocycles. The summed E-state index contributed by atoms with van der Waals surface area (Å²) in [7, 11) is 0. The van der Waals surface area contributed by atoms with Crippen LogP contribution in [0, 0.1) is 5.41 Å². The molecule has 0 bridgehead atoms. The Kier molecular flexibility index (Phi) is 3.48. The average molecular weight is 326 g/mol. The Labute approximate surface area is 127 Å². The van der Waals surface area contributed by atoms with Gasteiger partial charge in [0.15, 0.2) is 23.1 Å². The number of ether oxygens (including phenoxy) is 1. The highest BCUT2D eigenvalue weighted by molar-refractivity contribution is 5.92. The van der Waals surface area contributed by atoms with E-state index in [4.69, 9.17) is 26.7 Å². The lowest BCUT2D eigenvalue weighted by molar-refractivity contribution is -0.0619. The van der Waals surface area contributed by atoms with Crippen LogP contribution in [0.25, 0.3) is 11.0 Å². The van der Waals surface area contributed by atoms with Crippen molar-refractivity contribution in [2.45, 2.75) is 24.5 Å². The molecule has 3 heterocycles. The number of nitrogen functional groups attached to an aromatic ring is 2. The minimum Gasteiger partial charge on any atom is -0.394 e. The molecule has 3 rings (SSSR count). The maximum atomic E-state index is 12.6. The van der Waals surface area contributed by atoms with Crippen molar-refractivity contribution in [2.75, 3.05) is 12.3 Å². The quantitative estimate of drug-likeness (QED) is 0.232. The highest BCUT2D eigenvalue weighted by Crippen LogP contribution is 2.27. The molecule has 1 saturated heterocycles. The molecule has 1 aliphatic rings. The molecule has 2 aromatic heterocycles. The monoisotopic (exact) mass is 326 g/mol. The molecule has 0 radical (unpaired) electrons. The van der Waals surface area contributed by atoms with Crippen LogP contribution in [0.3, 0.4) is 0 Å². The van der Waals surface area contributed by atoms with Crippen LogP contribution in [-0.4, -0.2) is 71.0 Å². The van der Waals surface area contributed by atoms with Crippen molar-refractivity contribution in [3.05, 3.63) is 10.4 Å². The van der Waals surface area contributed by atoms with E-state index < -0.39 is 42.7 Å². The molecule has 1 aliphatic heterocycles. The molecular weight excluding hydrogens is 312 g/mol. The third-order valence-corrected chi connectivity index (χ3v) is 3.52. The summed E-state index contributed by atoms with van der Waals surface area (Å²) < 4.78 is 6.67. The molecule has 1 fully saturated rings. The fourth-order valence-corrected chi connectivity index (χ4v) is 2.38. The molecule has 0 amide bonds. The SMILES string of the molecule is N=C(N)n1nc(N)c2nnn(C3OC(CO)C(O)C3O)c(=O)c21. The largest absolute Gasteiger partial charge is 0.394 e. The molecule has 23 heavy (non-hydrogen) atoms. The first-order chi connectivity index (χ1) is 10.9. The van der Waals surface area contributed by atoms with Gasteiger partial charge < -0.3 is 31.5 Å². The molecule has 4 unspecified atom stereocenters. The number of nitrogens with one attached hydrogen (secondary N) is 1. The van der Waals surface area contributed by atoms with Gasteiger partial charge in [0.25, 0.3) is 5.56 Å². The Morgan fingerprint density at radius 2 is 2.09 bits per heavy atom. The molecule has 13 heteroatoms. The molecule has 0 saturated carbocycles. The van der Waals surface area contributed by atoms with Crippen LogP contribution in [0.5, 0.6) is 0 Å². The maximum absolute atomic E-state index is 12.6. The number of fused-ring (bicyclic) bond motifs is 1. The van der Waals surface area contributed by atoms with Crippen molar-refractivity contribution in [3.63, 3.8) is 0 Å². The van der Waals surface area contributed by atoms with Gasteiger partial charge in [-0.05, 0) is 0 Å². The summed E-state index contributed by atoms with van der Waals surface area (Å²) in [6, 6.07) is 0. The number of hydrogen-bond acceptors (Lipinski definition) is 10. The summed E-state index contributed by atoms with van der Waals surface area (Å²) in [5, 5.41) is 47.3. The lowest BCUT2D eigenvalue weighted by atomic mass is 10.1. The lowest BCUT2D eigenvalue weighted by Crippen LogP contribution is -2.38. The molecule has 2 aromatic rings. The lowest BCUT2D eigenvalue weighted by Gasteiger charge is -2.15. The summed E-state index contributed by atoms with van der Waals surface area (Å²) in [4.78, 5) is 12.6. The first-order valence-corrected chi connectivity index (χ1v) is 6.47. The molecule has 124 valence electrons. The predicted molar refractivity (Wildman–Crippen MR) is 74.3 cm³/mol. The molecular formula is C10H14N8O5. The van der Waals surface area contributed by atoms with E-state index in [0.717, 1.165) is 4.68 Å². The summed E-state index contributed by atoms with van der Waals surface area (Å²) in [5.41, 5.74) is 9.82. The summed E-state index contributed by atoms with van der Waals surface area (Å²) >= 11 is 0. The van der Waals surface area contributed by atoms with Gasteiger partial charge >= 0.3 is 0 Å². The van der Waals surface area contributed by atoms with Crippen LogP contribution < -0.4 is 17.0 Å². The minimum absolute atomic E-state index is 0.0619. The molecule has 0 aromatic carbocycles. The van der Waals surface area contributed by atoms with Crippen LogP contribution in [0.4, 0.5) is 5.82 Å². The number of aromatic nitrogens is 5. The number of nitrogens with two attached hydrogens (primary N) is 2. The fraction of sp³-hybridized carbons (Fsp3) is 0.500. The van der Waals surface area contributed by atoms with E-state index >= 15 is 0 Å². The Morgan fingerprint density at radius 3 is 2.65 bits per heavy atom. The highest BCUT2D eigenvalue weighted by atomic mass is 16.6. The van der Waals surface area contributed by atoms with Crippen LogP contribution >= 0.6 is 0 Å². The van der Waals surface area contributed by atoms with Crippen LogP contribution in [0.1, 0.15) is 6.23 Å². The Morgan fingerprint density at radius 1 is 1.39 bits per heavy atom. The van der Waals surface area contributed by atoms with Crippen molar-refractivity contribution in [2.24, 2.45) is 5.73 Å². The van der Waals surface area contributed by atoms with E-state index in [1.807, 2.05) is 0 Å². The van der Waals surface area contributed by atoms with Gasteiger partial charge in [-0.2, -0.15) is 9.36 Å². The van der Waals surface area contributed by atoms with Gasteiger partial charge in [-0.15, -0.1) is 10.2 Å². The topological polar surface area (TPSA) is 211 Å². The maximum Gasteiger partial charge on any atom is 0.299 e. The third kappa shape index (κ3) is 2.14. The van der Waals surface area contributed by atoms with E-state index in [2.05, 4.69) is 15.4 Å². The zero-order chi connectivity index (χ0) is 16.9. The van der Waals surface area contributed by atoms with Gasteiger partial charge in [0.2, 0.25) is 5.96 Å². The van der Waals surface area contributed by atoms with E-state index in [1.165, 1.54) is 0 Å². The Balaban J connectivity index is 2.17. The standard InChI is InChI=1S/C10H14N8O5/c11-7-3-4(17(15-7)10(12)13)8(22)18(16-14-3)9-6(21)5(20)2(1-19)23-9/h2,5-6,9,19-21H,1H2,(H2,11,15)(H3,12,13). The fourth-order valence-electron chi connectivity index (χ4n) is 2.38. The van der Waals surface area contributed by atoms with E-state index in [1.54, 1.807) is 0 Å². The molecule has 4 atom stereocenters. The second-order valence-corrected chi connectivity index (χ2v) is 4.95. The van der Waals surface area contributed by atoms with Crippen LogP contribution in [0.15, 0.2) is 4.79 Å². The number of rotatable bonds is 2. The summed E-state index contributed by atoms with van der Waals surface area (Å²) in [5.74, 6) is -0.711. The summed E-state index contributed by atoms with van der Waals surface area (Å²) in [6.07, 6.45) is -5.37. The second kappa shape index (κ2) is 5.24. The Hall–Kier alpha value is -2.61. The van der Waals surface area contributed by atoms with Gasteiger partial charge in [0.1, 0.15) is 18.3 Å². The zero-order valence-electron chi connectivity index (χ0n) is 11.6. The van der Waals surface area contributed by atoms with Crippen molar-refractivity contribution in [1.29, 1.82) is 5.41 Å². The number of anilines is 1. The van der Waals surface area contributed by atoms with Crippen molar-refractivity contribution in [3.8, 4) is 0 Å². The Bertz CT molecular complexity index is 831. The predicted octanol–water partition coefficient (Wildman–Crippen LogP) is -4.08. The van der Waals surface area contributed by atoms with Gasteiger partial charge in [-0.3, -0.25) is 10.2 Å². The van der Waals surface area contributed by atoms with Crippen LogP contribution in [0.2, 0.25) is 0 Å². The van der Waals surface area contributed by atoms with Crippen molar-refractivity contribution in [1.82, 2.24) is 24.8 Å². The van der Waals surface area contributed by atoms with E-state index in [9.17, 15) is 15.0 Å². The first kappa shape index (κ1) is 15.3. The second-order valence-electron chi connectivity index (χ2n) is 4.95. The van der Waals surface area contributed by atoms with Crippen molar-refractivity contribution >= 4 is 22.8 Å². The van der Waals surface area contributed by atoms with E-state index in [0.29, 0.717) is 4.68 Å². The van der Waals surface area contributed by atoms with Gasteiger partial charge in [-0.1, -0.05) is 5.21 Å². The van der Waals surface area contributed by atoms with Gasteiger partial charge in [0.05, 0.1) is 6.61 Å². The zero-order valence-corrected chi connectivity index (χ0v) is 11.6. The average Bonchev–Trinajstić information content (AvgIpc) is 3.00. The normalized spacial score (nSPS) is 27.6. The van der Waals surface area contributed by atoms with Crippen LogP contribution in [-0.2, 0) is 4.74 Å². The smallest absolute Gasteiger partial charge is 0.299 e.